The molecule has 7 nitrogen and oxygen atoms in total. The van der Waals surface area contributed by atoms with Crippen LogP contribution in [-0.4, -0.2) is 30.1 Å². The Kier molecular flexibility index (Phi) is 6.17. The van der Waals surface area contributed by atoms with Crippen molar-refractivity contribution >= 4 is 23.4 Å². The van der Waals surface area contributed by atoms with Gasteiger partial charge >= 0.3 is 0 Å². The summed E-state index contributed by atoms with van der Waals surface area (Å²) in [6, 6.07) is 13.2. The minimum Gasteiger partial charge on any atom is -0.489 e. The number of para-hydroxylation sites is 2. The fourth-order valence-electron chi connectivity index (χ4n) is 2.74. The number of nitro groups is 1. The summed E-state index contributed by atoms with van der Waals surface area (Å²) in [7, 11) is 0. The molecule has 140 valence electrons. The molecule has 0 aromatic heterocycles. The van der Waals surface area contributed by atoms with Crippen LogP contribution in [0, 0.1) is 10.1 Å². The number of hydrogen-bond donors (Lipinski definition) is 1. The molecule has 1 N–H and O–H groups in total. The van der Waals surface area contributed by atoms with Gasteiger partial charge < -0.3 is 14.8 Å². The van der Waals surface area contributed by atoms with E-state index in [1.54, 1.807) is 30.3 Å². The number of nitro benzene ring substituents is 1. The Hall–Kier alpha value is -3.19. The summed E-state index contributed by atoms with van der Waals surface area (Å²) in [6.45, 7) is 1.20. The molecular weight excluding hydrogens is 348 g/mol. The molecule has 0 spiro atoms. The Labute approximate surface area is 156 Å². The molecule has 1 atom stereocenters. The van der Waals surface area contributed by atoms with E-state index in [4.69, 9.17) is 9.47 Å². The smallest absolute Gasteiger partial charge is 0.270 e. The second kappa shape index (κ2) is 8.95. The molecule has 1 saturated heterocycles. The van der Waals surface area contributed by atoms with Gasteiger partial charge in [0.2, 0.25) is 5.91 Å². The monoisotopic (exact) mass is 368 g/mol. The normalized spacial score (nSPS) is 16.4. The van der Waals surface area contributed by atoms with Crippen LogP contribution in [0.2, 0.25) is 0 Å². The van der Waals surface area contributed by atoms with Crippen molar-refractivity contribution < 1.29 is 19.2 Å². The molecule has 0 radical (unpaired) electrons. The number of amides is 1. The molecule has 1 heterocycles. The largest absolute Gasteiger partial charge is 0.489 e. The summed E-state index contributed by atoms with van der Waals surface area (Å²) in [6.07, 6.45) is 4.95. The van der Waals surface area contributed by atoms with Crippen LogP contribution in [0.4, 0.5) is 11.4 Å². The number of ether oxygens (including phenoxy) is 2. The van der Waals surface area contributed by atoms with Crippen molar-refractivity contribution in [3.63, 3.8) is 0 Å². The first kappa shape index (κ1) is 18.6. The van der Waals surface area contributed by atoms with Gasteiger partial charge in [-0.05, 0) is 36.6 Å². The molecular formula is C20H20N2O5. The molecule has 0 aliphatic carbocycles. The highest BCUT2D eigenvalue weighted by Gasteiger charge is 2.17. The standard InChI is InChI=1S/C20H20N2O5/c23-20(11-10-15-5-3-6-16(13-15)22(24)25)21-18-8-1-2-9-19(18)27-14-17-7-4-12-26-17/h1-3,5-6,8-11,13,17H,4,7,12,14H2,(H,21,23)/b11-10+. The quantitative estimate of drug-likeness (QED) is 0.456. The maximum absolute atomic E-state index is 12.2. The van der Waals surface area contributed by atoms with E-state index in [2.05, 4.69) is 5.32 Å². The van der Waals surface area contributed by atoms with Crippen LogP contribution in [0.15, 0.2) is 54.6 Å². The minimum absolute atomic E-state index is 0.0227. The number of carbonyl (C=O) groups excluding carboxylic acids is 1. The Morgan fingerprint density at radius 3 is 2.93 bits per heavy atom. The zero-order chi connectivity index (χ0) is 19.1. The number of non-ortho nitro benzene ring substituents is 1. The van der Waals surface area contributed by atoms with Gasteiger partial charge in [0.25, 0.3) is 5.69 Å². The van der Waals surface area contributed by atoms with Crippen LogP contribution >= 0.6 is 0 Å². The van der Waals surface area contributed by atoms with E-state index in [9.17, 15) is 14.9 Å². The predicted molar refractivity (Wildman–Crippen MR) is 102 cm³/mol. The Balaban J connectivity index is 1.62. The van der Waals surface area contributed by atoms with Crippen LogP contribution in [-0.2, 0) is 9.53 Å². The van der Waals surface area contributed by atoms with E-state index in [0.29, 0.717) is 23.6 Å². The maximum Gasteiger partial charge on any atom is 0.270 e. The predicted octanol–water partition coefficient (Wildman–Crippen LogP) is 3.80. The second-order valence-corrected chi connectivity index (χ2v) is 6.12. The highest BCUT2D eigenvalue weighted by Crippen LogP contribution is 2.25. The van der Waals surface area contributed by atoms with Crippen LogP contribution in [0.3, 0.4) is 0 Å². The number of hydrogen-bond acceptors (Lipinski definition) is 5. The maximum atomic E-state index is 12.2. The number of benzene rings is 2. The Morgan fingerprint density at radius 2 is 2.15 bits per heavy atom. The molecule has 27 heavy (non-hydrogen) atoms. The van der Waals surface area contributed by atoms with E-state index < -0.39 is 4.92 Å². The summed E-state index contributed by atoms with van der Waals surface area (Å²) in [5, 5.41) is 13.6. The number of carbonyl (C=O) groups is 1. The number of nitrogens with zero attached hydrogens (tertiary/aromatic N) is 1. The molecule has 1 aliphatic rings. The average molecular weight is 368 g/mol. The van der Waals surface area contributed by atoms with Gasteiger partial charge in [-0.25, -0.2) is 0 Å². The summed E-state index contributed by atoms with van der Waals surface area (Å²) >= 11 is 0. The fraction of sp³-hybridized carbons (Fsp3) is 0.250. The number of anilines is 1. The molecule has 0 saturated carbocycles. The van der Waals surface area contributed by atoms with E-state index in [-0.39, 0.29) is 17.7 Å². The third-order valence-corrected chi connectivity index (χ3v) is 4.10. The molecule has 7 heteroatoms. The minimum atomic E-state index is -0.473. The lowest BCUT2D eigenvalue weighted by atomic mass is 10.2. The first-order valence-electron chi connectivity index (χ1n) is 8.69. The van der Waals surface area contributed by atoms with Gasteiger partial charge in [-0.15, -0.1) is 0 Å². The van der Waals surface area contributed by atoms with Crippen molar-refractivity contribution in [2.45, 2.75) is 18.9 Å². The topological polar surface area (TPSA) is 90.7 Å². The van der Waals surface area contributed by atoms with Gasteiger partial charge in [0, 0.05) is 24.8 Å². The van der Waals surface area contributed by atoms with Crippen molar-refractivity contribution in [1.82, 2.24) is 0 Å². The van der Waals surface area contributed by atoms with Gasteiger partial charge in [-0.1, -0.05) is 24.3 Å². The molecule has 0 bridgehead atoms. The van der Waals surface area contributed by atoms with Gasteiger partial charge in [0.1, 0.15) is 12.4 Å². The molecule has 1 fully saturated rings. The zero-order valence-electron chi connectivity index (χ0n) is 14.7. The molecule has 3 rings (SSSR count). The SMILES string of the molecule is O=C(/C=C/c1cccc([N+](=O)[O-])c1)Nc1ccccc1OCC1CCCO1. The van der Waals surface area contributed by atoms with Crippen molar-refractivity contribution in [2.75, 3.05) is 18.5 Å². The van der Waals surface area contributed by atoms with Crippen molar-refractivity contribution in [3.05, 3.63) is 70.3 Å². The lowest BCUT2D eigenvalue weighted by molar-refractivity contribution is -0.384. The van der Waals surface area contributed by atoms with E-state index in [0.717, 1.165) is 19.4 Å². The van der Waals surface area contributed by atoms with E-state index in [1.165, 1.54) is 24.3 Å². The zero-order valence-corrected chi connectivity index (χ0v) is 14.7. The molecule has 1 amide bonds. The van der Waals surface area contributed by atoms with Gasteiger partial charge in [-0.3, -0.25) is 14.9 Å². The van der Waals surface area contributed by atoms with Crippen molar-refractivity contribution in [1.29, 1.82) is 0 Å². The van der Waals surface area contributed by atoms with Gasteiger partial charge in [0.15, 0.2) is 0 Å². The van der Waals surface area contributed by atoms with Crippen LogP contribution in [0.25, 0.3) is 6.08 Å². The van der Waals surface area contributed by atoms with E-state index in [1.807, 2.05) is 6.07 Å². The summed E-state index contributed by atoms with van der Waals surface area (Å²) in [5.41, 5.74) is 1.11. The molecule has 2 aromatic rings. The van der Waals surface area contributed by atoms with Gasteiger partial charge in [-0.2, -0.15) is 0 Å². The lowest BCUT2D eigenvalue weighted by Gasteiger charge is -2.14. The third-order valence-electron chi connectivity index (χ3n) is 4.10. The first-order chi connectivity index (χ1) is 13.1. The number of nitrogens with one attached hydrogen (secondary N) is 1. The van der Waals surface area contributed by atoms with E-state index >= 15 is 0 Å². The molecule has 1 aliphatic heterocycles. The summed E-state index contributed by atoms with van der Waals surface area (Å²) in [5.74, 6) is 0.222. The second-order valence-electron chi connectivity index (χ2n) is 6.12. The first-order valence-corrected chi connectivity index (χ1v) is 8.69. The highest BCUT2D eigenvalue weighted by atomic mass is 16.6. The molecule has 1 unspecified atom stereocenters. The van der Waals surface area contributed by atoms with Gasteiger partial charge in [0.05, 0.1) is 16.7 Å². The van der Waals surface area contributed by atoms with Crippen LogP contribution in [0.5, 0.6) is 5.75 Å². The Morgan fingerprint density at radius 1 is 1.30 bits per heavy atom. The highest BCUT2D eigenvalue weighted by molar-refractivity contribution is 6.02. The van der Waals surface area contributed by atoms with Crippen molar-refractivity contribution in [2.24, 2.45) is 0 Å². The van der Waals surface area contributed by atoms with Crippen LogP contribution in [0.1, 0.15) is 18.4 Å². The van der Waals surface area contributed by atoms with Crippen LogP contribution < -0.4 is 10.1 Å². The third kappa shape index (κ3) is 5.39. The Bertz CT molecular complexity index is 844. The van der Waals surface area contributed by atoms with Crippen molar-refractivity contribution in [3.8, 4) is 5.75 Å². The lowest BCUT2D eigenvalue weighted by Crippen LogP contribution is -2.17. The summed E-state index contributed by atoms with van der Waals surface area (Å²) < 4.78 is 11.3. The summed E-state index contributed by atoms with van der Waals surface area (Å²) in [4.78, 5) is 22.5. The molecule has 2 aromatic carbocycles. The average Bonchev–Trinajstić information content (AvgIpc) is 3.19. The fourth-order valence-corrected chi connectivity index (χ4v) is 2.74. The number of rotatable bonds is 7.